The minimum Gasteiger partial charge on any atom is -0.353 e. The summed E-state index contributed by atoms with van der Waals surface area (Å²) in [7, 11) is 2.20. The van der Waals surface area contributed by atoms with Gasteiger partial charge in [-0.3, -0.25) is 4.90 Å². The average molecular weight is 325 g/mol. The second kappa shape index (κ2) is 6.07. The number of nitrogens with zero attached hydrogens (tertiary/aromatic N) is 4. The molecule has 1 saturated heterocycles. The van der Waals surface area contributed by atoms with E-state index in [4.69, 9.17) is 11.6 Å². The highest BCUT2D eigenvalue weighted by molar-refractivity contribution is 7.18. The Balaban J connectivity index is 2.01. The van der Waals surface area contributed by atoms with Crippen LogP contribution in [-0.2, 0) is 6.42 Å². The molecule has 1 unspecified atom stereocenters. The van der Waals surface area contributed by atoms with Crippen LogP contribution < -0.4 is 4.90 Å². The van der Waals surface area contributed by atoms with E-state index in [9.17, 15) is 0 Å². The average Bonchev–Trinajstić information content (AvgIpc) is 2.89. The van der Waals surface area contributed by atoms with Crippen LogP contribution in [0.4, 0.5) is 5.82 Å². The second-order valence-electron chi connectivity index (χ2n) is 5.59. The van der Waals surface area contributed by atoms with Gasteiger partial charge < -0.3 is 4.90 Å². The fourth-order valence-electron chi connectivity index (χ4n) is 2.93. The Bertz CT molecular complexity index is 642. The molecule has 2 aromatic rings. The van der Waals surface area contributed by atoms with Crippen molar-refractivity contribution in [3.05, 3.63) is 16.2 Å². The molecular weight excluding hydrogens is 304 g/mol. The van der Waals surface area contributed by atoms with E-state index in [0.29, 0.717) is 11.3 Å². The van der Waals surface area contributed by atoms with Gasteiger partial charge in [-0.1, -0.05) is 13.8 Å². The lowest BCUT2D eigenvalue weighted by Gasteiger charge is -2.39. The maximum absolute atomic E-state index is 6.14. The molecule has 1 aliphatic heterocycles. The Labute approximate surface area is 134 Å². The molecule has 21 heavy (non-hydrogen) atoms. The minimum atomic E-state index is 0.356. The first-order valence-electron chi connectivity index (χ1n) is 7.53. The van der Waals surface area contributed by atoms with E-state index in [1.54, 1.807) is 11.3 Å². The summed E-state index contributed by atoms with van der Waals surface area (Å²) in [5.41, 5.74) is 0. The molecule has 0 amide bonds. The van der Waals surface area contributed by atoms with Crippen LogP contribution in [0.1, 0.15) is 25.1 Å². The van der Waals surface area contributed by atoms with Gasteiger partial charge in [0.1, 0.15) is 10.6 Å². The number of hydrogen-bond acceptors (Lipinski definition) is 5. The molecule has 4 nitrogen and oxygen atoms in total. The summed E-state index contributed by atoms with van der Waals surface area (Å²) in [4.78, 5) is 16.1. The van der Waals surface area contributed by atoms with Crippen LogP contribution in [0.5, 0.6) is 0 Å². The van der Waals surface area contributed by atoms with Gasteiger partial charge in [-0.05, 0) is 37.6 Å². The highest BCUT2D eigenvalue weighted by atomic mass is 35.5. The van der Waals surface area contributed by atoms with Crippen LogP contribution in [0.2, 0.25) is 5.28 Å². The van der Waals surface area contributed by atoms with Gasteiger partial charge >= 0.3 is 0 Å². The van der Waals surface area contributed by atoms with Crippen LogP contribution in [0.15, 0.2) is 6.07 Å². The molecule has 0 aliphatic carbocycles. The van der Waals surface area contributed by atoms with E-state index < -0.39 is 0 Å². The van der Waals surface area contributed by atoms with Crippen LogP contribution >= 0.6 is 22.9 Å². The number of thiophene rings is 1. The maximum atomic E-state index is 6.14. The summed E-state index contributed by atoms with van der Waals surface area (Å²) >= 11 is 7.87. The van der Waals surface area contributed by atoms with Crippen molar-refractivity contribution in [2.45, 2.75) is 32.7 Å². The fraction of sp³-hybridized carbons (Fsp3) is 0.600. The van der Waals surface area contributed by atoms with Crippen molar-refractivity contribution in [3.63, 3.8) is 0 Å². The van der Waals surface area contributed by atoms with Gasteiger partial charge in [0.15, 0.2) is 0 Å². The zero-order valence-electron chi connectivity index (χ0n) is 12.8. The van der Waals surface area contributed by atoms with Gasteiger partial charge in [0.25, 0.3) is 0 Å². The zero-order valence-corrected chi connectivity index (χ0v) is 14.3. The lowest BCUT2D eigenvalue weighted by Crippen LogP contribution is -2.51. The number of hydrogen-bond donors (Lipinski definition) is 0. The first-order chi connectivity index (χ1) is 10.1. The van der Waals surface area contributed by atoms with Crippen molar-refractivity contribution in [3.8, 4) is 0 Å². The SMILES string of the molecule is CCc1cc2c(N3CCN(C)C(CC)C3)nc(Cl)nc2s1. The highest BCUT2D eigenvalue weighted by Gasteiger charge is 2.25. The van der Waals surface area contributed by atoms with E-state index in [1.807, 2.05) is 0 Å². The summed E-state index contributed by atoms with van der Waals surface area (Å²) < 4.78 is 0. The zero-order chi connectivity index (χ0) is 15.0. The molecule has 0 saturated carbocycles. The number of likely N-dealkylation sites (N-methyl/N-ethyl adjacent to an activating group) is 1. The van der Waals surface area contributed by atoms with Gasteiger partial charge in [-0.25, -0.2) is 4.98 Å². The predicted octanol–water partition coefficient (Wildman–Crippen LogP) is 3.44. The lowest BCUT2D eigenvalue weighted by molar-refractivity contribution is 0.213. The first-order valence-corrected chi connectivity index (χ1v) is 8.73. The van der Waals surface area contributed by atoms with E-state index in [2.05, 4.69) is 46.7 Å². The Morgan fingerprint density at radius 1 is 1.33 bits per heavy atom. The highest BCUT2D eigenvalue weighted by Crippen LogP contribution is 2.33. The van der Waals surface area contributed by atoms with Crippen molar-refractivity contribution < 1.29 is 0 Å². The molecule has 0 bridgehead atoms. The number of piperazine rings is 1. The van der Waals surface area contributed by atoms with Gasteiger partial charge in [0, 0.05) is 30.6 Å². The number of aromatic nitrogens is 2. The molecule has 1 atom stereocenters. The quantitative estimate of drug-likeness (QED) is 0.810. The van der Waals surface area contributed by atoms with Crippen molar-refractivity contribution in [1.82, 2.24) is 14.9 Å². The van der Waals surface area contributed by atoms with Crippen LogP contribution in [-0.4, -0.2) is 47.6 Å². The number of rotatable bonds is 3. The summed E-state index contributed by atoms with van der Waals surface area (Å²) in [6, 6.07) is 2.80. The third kappa shape index (κ3) is 2.87. The smallest absolute Gasteiger partial charge is 0.225 e. The number of aryl methyl sites for hydroxylation is 1. The summed E-state index contributed by atoms with van der Waals surface area (Å²) in [6.45, 7) is 7.47. The Kier molecular flexibility index (Phi) is 4.33. The third-order valence-corrected chi connectivity index (χ3v) is 5.64. The molecule has 0 aromatic carbocycles. The summed E-state index contributed by atoms with van der Waals surface area (Å²) in [6.07, 6.45) is 2.18. The van der Waals surface area contributed by atoms with E-state index in [-0.39, 0.29) is 0 Å². The minimum absolute atomic E-state index is 0.356. The molecule has 1 fully saturated rings. The third-order valence-electron chi connectivity index (χ3n) is 4.29. The van der Waals surface area contributed by atoms with E-state index >= 15 is 0 Å². The summed E-state index contributed by atoms with van der Waals surface area (Å²) in [5, 5.41) is 1.51. The molecule has 3 heterocycles. The van der Waals surface area contributed by atoms with Crippen molar-refractivity contribution in [2.75, 3.05) is 31.6 Å². The van der Waals surface area contributed by atoms with Crippen molar-refractivity contribution in [2.24, 2.45) is 0 Å². The number of halogens is 1. The Morgan fingerprint density at radius 3 is 2.86 bits per heavy atom. The normalized spacial score (nSPS) is 20.4. The summed E-state index contributed by atoms with van der Waals surface area (Å²) in [5.74, 6) is 1.01. The van der Waals surface area contributed by atoms with Crippen LogP contribution in [0, 0.1) is 0 Å². The largest absolute Gasteiger partial charge is 0.353 e. The van der Waals surface area contributed by atoms with E-state index in [0.717, 1.165) is 48.5 Å². The monoisotopic (exact) mass is 324 g/mol. The molecule has 3 rings (SSSR count). The van der Waals surface area contributed by atoms with Crippen LogP contribution in [0.3, 0.4) is 0 Å². The molecule has 1 aliphatic rings. The molecule has 0 radical (unpaired) electrons. The van der Waals surface area contributed by atoms with Crippen molar-refractivity contribution in [1.29, 1.82) is 0 Å². The first kappa shape index (κ1) is 15.0. The van der Waals surface area contributed by atoms with Gasteiger partial charge in [-0.2, -0.15) is 4.98 Å². The van der Waals surface area contributed by atoms with Gasteiger partial charge in [0.2, 0.25) is 5.28 Å². The number of fused-ring (bicyclic) bond motifs is 1. The standard InChI is InChI=1S/C15H21ClN4S/c1-4-10-9-20(7-6-19(10)3)13-12-8-11(5-2)21-14(12)18-15(16)17-13/h8,10H,4-7,9H2,1-3H3. The van der Waals surface area contributed by atoms with Crippen LogP contribution in [0.25, 0.3) is 10.2 Å². The molecule has 0 spiro atoms. The lowest BCUT2D eigenvalue weighted by atomic mass is 10.1. The fourth-order valence-corrected chi connectivity index (χ4v) is 4.10. The Hall–Kier alpha value is -0.910. The van der Waals surface area contributed by atoms with Gasteiger partial charge in [-0.15, -0.1) is 11.3 Å². The Morgan fingerprint density at radius 2 is 2.14 bits per heavy atom. The van der Waals surface area contributed by atoms with Gasteiger partial charge in [0.05, 0.1) is 5.39 Å². The maximum Gasteiger partial charge on any atom is 0.225 e. The second-order valence-corrected chi connectivity index (χ2v) is 7.04. The molecular formula is C15H21ClN4S. The van der Waals surface area contributed by atoms with E-state index in [1.165, 1.54) is 4.88 Å². The number of anilines is 1. The molecule has 6 heteroatoms. The van der Waals surface area contributed by atoms with Crippen molar-refractivity contribution >= 4 is 39.0 Å². The predicted molar refractivity (Wildman–Crippen MR) is 90.7 cm³/mol. The molecule has 2 aromatic heterocycles. The molecule has 0 N–H and O–H groups in total. The topological polar surface area (TPSA) is 32.3 Å². The molecule has 114 valence electrons.